The van der Waals surface area contributed by atoms with Crippen LogP contribution in [0.2, 0.25) is 5.02 Å². The molecule has 0 aliphatic heterocycles. The van der Waals surface area contributed by atoms with Crippen LogP contribution >= 0.6 is 11.6 Å². The third-order valence-electron chi connectivity index (χ3n) is 2.67. The van der Waals surface area contributed by atoms with Gasteiger partial charge >= 0.3 is 0 Å². The maximum Gasteiger partial charge on any atom is 0.279 e. The molecule has 0 fully saturated rings. The minimum atomic E-state index is 0.738. The van der Waals surface area contributed by atoms with Gasteiger partial charge in [-0.05, 0) is 43.3 Å². The van der Waals surface area contributed by atoms with Gasteiger partial charge in [0.1, 0.15) is 5.69 Å². The van der Waals surface area contributed by atoms with E-state index in [-0.39, 0.29) is 0 Å². The standard InChI is InChI=1S/C15H15ClN2/c1-11-4-3-5-12(10-11)15(17-2)18-14-8-6-13(16)7-9-14/h3-10H,1-2H3,(H,17,18)/p+1. The second kappa shape index (κ2) is 5.69. The van der Waals surface area contributed by atoms with Gasteiger partial charge in [0, 0.05) is 5.02 Å². The molecule has 0 spiro atoms. The van der Waals surface area contributed by atoms with Crippen LogP contribution in [-0.2, 0) is 0 Å². The molecule has 0 aliphatic rings. The van der Waals surface area contributed by atoms with Crippen molar-refractivity contribution in [1.29, 1.82) is 0 Å². The van der Waals surface area contributed by atoms with Gasteiger partial charge in [0.2, 0.25) is 0 Å². The lowest BCUT2D eigenvalue weighted by Crippen LogP contribution is -2.70. The third kappa shape index (κ3) is 3.11. The van der Waals surface area contributed by atoms with Crippen molar-refractivity contribution in [1.82, 2.24) is 0 Å². The monoisotopic (exact) mass is 259 g/mol. The molecule has 0 amide bonds. The molecule has 2 nitrogen and oxygen atoms in total. The van der Waals surface area contributed by atoms with Crippen molar-refractivity contribution >= 4 is 23.1 Å². The molecule has 0 atom stereocenters. The molecule has 2 rings (SSSR count). The number of aryl methyl sites for hydroxylation is 1. The number of hydrogen-bond donors (Lipinski definition) is 2. The first-order valence-electron chi connectivity index (χ1n) is 5.83. The fourth-order valence-electron chi connectivity index (χ4n) is 1.76. The van der Waals surface area contributed by atoms with E-state index in [0.29, 0.717) is 0 Å². The zero-order chi connectivity index (χ0) is 13.0. The first-order valence-corrected chi connectivity index (χ1v) is 6.21. The molecular weight excluding hydrogens is 244 g/mol. The van der Waals surface area contributed by atoms with E-state index in [2.05, 4.69) is 35.4 Å². The van der Waals surface area contributed by atoms with Crippen molar-refractivity contribution in [2.45, 2.75) is 6.92 Å². The molecule has 0 saturated carbocycles. The van der Waals surface area contributed by atoms with Crippen molar-refractivity contribution < 1.29 is 4.99 Å². The summed E-state index contributed by atoms with van der Waals surface area (Å²) in [5.41, 5.74) is 3.37. The number of hydrogen-bond acceptors (Lipinski definition) is 0. The first kappa shape index (κ1) is 12.7. The highest BCUT2D eigenvalue weighted by Gasteiger charge is 2.10. The molecule has 0 saturated heterocycles. The van der Waals surface area contributed by atoms with Gasteiger partial charge < -0.3 is 0 Å². The molecular formula is C15H16ClN2+. The fraction of sp³-hybridized carbons (Fsp3) is 0.133. The Bertz CT molecular complexity index is 559. The predicted octanol–water partition coefficient (Wildman–Crippen LogP) is 2.22. The van der Waals surface area contributed by atoms with Crippen molar-refractivity contribution in [2.24, 2.45) is 0 Å². The summed E-state index contributed by atoms with van der Waals surface area (Å²) in [6.07, 6.45) is 0. The van der Waals surface area contributed by atoms with Crippen LogP contribution in [0, 0.1) is 6.92 Å². The summed E-state index contributed by atoms with van der Waals surface area (Å²) < 4.78 is 0. The van der Waals surface area contributed by atoms with Crippen LogP contribution in [0.1, 0.15) is 11.1 Å². The Kier molecular flexibility index (Phi) is 4.00. The largest absolute Gasteiger partial charge is 0.279 e. The molecule has 2 aromatic rings. The van der Waals surface area contributed by atoms with Gasteiger partial charge in [0.05, 0.1) is 12.6 Å². The summed E-state index contributed by atoms with van der Waals surface area (Å²) in [5.74, 6) is 0.973. The number of amidine groups is 1. The highest BCUT2D eigenvalue weighted by molar-refractivity contribution is 6.30. The molecule has 2 aromatic carbocycles. The Morgan fingerprint density at radius 1 is 1.11 bits per heavy atom. The van der Waals surface area contributed by atoms with E-state index in [9.17, 15) is 0 Å². The van der Waals surface area contributed by atoms with Gasteiger partial charge in [0.15, 0.2) is 0 Å². The van der Waals surface area contributed by atoms with E-state index < -0.39 is 0 Å². The number of benzene rings is 2. The second-order valence-corrected chi connectivity index (χ2v) is 4.56. The van der Waals surface area contributed by atoms with E-state index in [1.54, 1.807) is 0 Å². The van der Waals surface area contributed by atoms with E-state index >= 15 is 0 Å². The average Bonchev–Trinajstić information content (AvgIpc) is 2.38. The molecule has 0 heterocycles. The van der Waals surface area contributed by atoms with E-state index in [1.165, 1.54) is 5.56 Å². The van der Waals surface area contributed by atoms with Gasteiger partial charge in [0.25, 0.3) is 5.84 Å². The van der Waals surface area contributed by atoms with Gasteiger partial charge in [-0.25, -0.2) is 5.32 Å². The van der Waals surface area contributed by atoms with Crippen LogP contribution in [0.25, 0.3) is 0 Å². The zero-order valence-electron chi connectivity index (χ0n) is 10.5. The van der Waals surface area contributed by atoms with Gasteiger partial charge in [-0.1, -0.05) is 29.3 Å². The number of nitrogens with one attached hydrogen (secondary N) is 2. The minimum absolute atomic E-state index is 0.738. The normalized spacial score (nSPS) is 11.4. The van der Waals surface area contributed by atoms with Gasteiger partial charge in [-0.15, -0.1) is 0 Å². The van der Waals surface area contributed by atoms with Gasteiger partial charge in [-0.2, -0.15) is 0 Å². The van der Waals surface area contributed by atoms with Crippen molar-refractivity contribution in [3.8, 4) is 0 Å². The van der Waals surface area contributed by atoms with E-state index in [1.807, 2.05) is 37.4 Å². The van der Waals surface area contributed by atoms with Crippen LogP contribution in [0.5, 0.6) is 0 Å². The second-order valence-electron chi connectivity index (χ2n) is 4.13. The Morgan fingerprint density at radius 2 is 1.83 bits per heavy atom. The summed E-state index contributed by atoms with van der Waals surface area (Å²) in [6, 6.07) is 16.0. The summed E-state index contributed by atoms with van der Waals surface area (Å²) in [7, 11) is 1.90. The first-order chi connectivity index (χ1) is 8.69. The van der Waals surface area contributed by atoms with E-state index in [0.717, 1.165) is 22.1 Å². The van der Waals surface area contributed by atoms with Crippen LogP contribution in [-0.4, -0.2) is 12.9 Å². The summed E-state index contributed by atoms with van der Waals surface area (Å²) in [5, 5.41) is 4.08. The topological polar surface area (TPSA) is 26.0 Å². The summed E-state index contributed by atoms with van der Waals surface area (Å²) >= 11 is 5.87. The van der Waals surface area contributed by atoms with Crippen LogP contribution in [0.15, 0.2) is 48.5 Å². The molecule has 2 N–H and O–H groups in total. The highest BCUT2D eigenvalue weighted by atomic mass is 35.5. The lowest BCUT2D eigenvalue weighted by Gasteiger charge is -2.03. The number of anilines is 1. The van der Waals surface area contributed by atoms with Gasteiger partial charge in [-0.3, -0.25) is 4.99 Å². The van der Waals surface area contributed by atoms with Crippen molar-refractivity contribution in [3.05, 3.63) is 64.7 Å². The van der Waals surface area contributed by atoms with E-state index in [4.69, 9.17) is 11.6 Å². The Morgan fingerprint density at radius 3 is 2.44 bits per heavy atom. The molecule has 3 heteroatoms. The lowest BCUT2D eigenvalue weighted by molar-refractivity contribution is -0.419. The smallest absolute Gasteiger partial charge is 0.277 e. The van der Waals surface area contributed by atoms with Crippen molar-refractivity contribution in [3.63, 3.8) is 0 Å². The Hall–Kier alpha value is -1.80. The molecule has 0 aromatic heterocycles. The molecule has 0 bridgehead atoms. The third-order valence-corrected chi connectivity index (χ3v) is 2.92. The maximum atomic E-state index is 5.87. The highest BCUT2D eigenvalue weighted by Crippen LogP contribution is 2.14. The van der Waals surface area contributed by atoms with Crippen LogP contribution < -0.4 is 10.3 Å². The van der Waals surface area contributed by atoms with Crippen LogP contribution in [0.3, 0.4) is 0 Å². The zero-order valence-corrected chi connectivity index (χ0v) is 11.3. The average molecular weight is 260 g/mol. The Labute approximate surface area is 112 Å². The van der Waals surface area contributed by atoms with Crippen molar-refractivity contribution in [2.75, 3.05) is 12.4 Å². The SMILES string of the molecule is C[NH+]=C(Nc1ccc(Cl)cc1)c1cccc(C)c1. The predicted molar refractivity (Wildman–Crippen MR) is 77.2 cm³/mol. The minimum Gasteiger partial charge on any atom is -0.277 e. The molecule has 0 aliphatic carbocycles. The summed E-state index contributed by atoms with van der Waals surface area (Å²) in [6.45, 7) is 2.08. The molecule has 0 radical (unpaired) electrons. The molecule has 92 valence electrons. The Balaban J connectivity index is 2.23. The van der Waals surface area contributed by atoms with Crippen LogP contribution in [0.4, 0.5) is 5.69 Å². The number of rotatable bonds is 2. The molecule has 0 unspecified atom stereocenters. The fourth-order valence-corrected chi connectivity index (χ4v) is 1.88. The lowest BCUT2D eigenvalue weighted by atomic mass is 10.1. The maximum absolute atomic E-state index is 5.87. The summed E-state index contributed by atoms with van der Waals surface area (Å²) in [4.78, 5) is 3.18. The quantitative estimate of drug-likeness (QED) is 0.628. The number of halogens is 1. The molecule has 18 heavy (non-hydrogen) atoms.